The van der Waals surface area contributed by atoms with E-state index in [1.54, 1.807) is 30.3 Å². The fraction of sp³-hybridized carbons (Fsp3) is 0.357. The predicted molar refractivity (Wildman–Crippen MR) is 72.6 cm³/mol. The zero-order valence-corrected chi connectivity index (χ0v) is 11.5. The largest absolute Gasteiger partial charge is 0.345 e. The molecule has 6 nitrogen and oxygen atoms in total. The van der Waals surface area contributed by atoms with Crippen LogP contribution in [0.15, 0.2) is 30.3 Å². The van der Waals surface area contributed by atoms with Gasteiger partial charge in [-0.2, -0.15) is 0 Å². The molecule has 1 aliphatic heterocycles. The van der Waals surface area contributed by atoms with Crippen molar-refractivity contribution in [2.45, 2.75) is 13.8 Å². The van der Waals surface area contributed by atoms with Gasteiger partial charge < -0.3 is 0 Å². The van der Waals surface area contributed by atoms with Gasteiger partial charge in [0.05, 0.1) is 0 Å². The Balaban J connectivity index is 2.03. The van der Waals surface area contributed by atoms with Crippen molar-refractivity contribution in [3.63, 3.8) is 0 Å². The predicted octanol–water partition coefficient (Wildman–Crippen LogP) is 1.25. The molecule has 0 unspecified atom stereocenters. The topological polar surface area (TPSA) is 69.7 Å². The van der Waals surface area contributed by atoms with Crippen molar-refractivity contribution in [2.24, 2.45) is 5.92 Å². The number of hydrazine groups is 1. The summed E-state index contributed by atoms with van der Waals surface area (Å²) in [5, 5.41) is 1.06. The number of nitrogens with zero attached hydrogens (tertiary/aromatic N) is 2. The standard InChI is InChI=1S/C14H17N3O3/c1-10(2)8-16-12(18)9-17(14(16)20)15-13(19)11-6-4-3-5-7-11/h3-7,10H,8-9H2,1-2H3,(H,15,19). The first kappa shape index (κ1) is 14.0. The first-order valence-electron chi connectivity index (χ1n) is 6.47. The highest BCUT2D eigenvalue weighted by Crippen LogP contribution is 2.11. The number of urea groups is 1. The van der Waals surface area contributed by atoms with Gasteiger partial charge in [-0.15, -0.1) is 0 Å². The normalized spacial score (nSPS) is 15.2. The van der Waals surface area contributed by atoms with E-state index in [1.807, 2.05) is 13.8 Å². The summed E-state index contributed by atoms with van der Waals surface area (Å²) in [4.78, 5) is 36.9. The number of imide groups is 1. The maximum atomic E-state index is 12.0. The van der Waals surface area contributed by atoms with Gasteiger partial charge in [-0.05, 0) is 18.1 Å². The minimum atomic E-state index is -0.479. The quantitative estimate of drug-likeness (QED) is 0.841. The molecule has 0 aliphatic carbocycles. The number of carbonyl (C=O) groups is 3. The summed E-state index contributed by atoms with van der Waals surface area (Å²) >= 11 is 0. The highest BCUT2D eigenvalue weighted by Gasteiger charge is 2.37. The second kappa shape index (κ2) is 5.73. The van der Waals surface area contributed by atoms with Gasteiger partial charge in [0.1, 0.15) is 6.54 Å². The number of carbonyl (C=O) groups excluding carboxylic acids is 3. The van der Waals surface area contributed by atoms with E-state index in [-0.39, 0.29) is 18.4 Å². The second-order valence-corrected chi connectivity index (χ2v) is 5.07. The minimum Gasteiger partial charge on any atom is -0.272 e. The van der Waals surface area contributed by atoms with Crippen molar-refractivity contribution in [1.29, 1.82) is 0 Å². The van der Waals surface area contributed by atoms with Crippen LogP contribution in [0.1, 0.15) is 24.2 Å². The molecular weight excluding hydrogens is 258 g/mol. The molecule has 1 aromatic carbocycles. The van der Waals surface area contributed by atoms with E-state index in [0.29, 0.717) is 12.1 Å². The van der Waals surface area contributed by atoms with E-state index in [1.165, 1.54) is 0 Å². The maximum absolute atomic E-state index is 12.0. The van der Waals surface area contributed by atoms with Crippen molar-refractivity contribution >= 4 is 17.8 Å². The minimum absolute atomic E-state index is 0.121. The van der Waals surface area contributed by atoms with Crippen molar-refractivity contribution in [2.75, 3.05) is 13.1 Å². The van der Waals surface area contributed by atoms with Crippen LogP contribution in [0.4, 0.5) is 4.79 Å². The van der Waals surface area contributed by atoms with Crippen LogP contribution in [0.3, 0.4) is 0 Å². The highest BCUT2D eigenvalue weighted by atomic mass is 16.2. The zero-order valence-electron chi connectivity index (χ0n) is 11.5. The summed E-state index contributed by atoms with van der Waals surface area (Å²) in [6, 6.07) is 8.07. The third-order valence-electron chi connectivity index (χ3n) is 2.88. The smallest absolute Gasteiger partial charge is 0.272 e. The van der Waals surface area contributed by atoms with E-state index in [4.69, 9.17) is 0 Å². The molecule has 1 aromatic rings. The molecule has 106 valence electrons. The molecule has 0 aromatic heterocycles. The van der Waals surface area contributed by atoms with Crippen LogP contribution in [0.2, 0.25) is 0 Å². The Labute approximate surface area is 117 Å². The number of benzene rings is 1. The van der Waals surface area contributed by atoms with Crippen LogP contribution < -0.4 is 5.43 Å². The first-order valence-corrected chi connectivity index (χ1v) is 6.47. The monoisotopic (exact) mass is 275 g/mol. The fourth-order valence-electron chi connectivity index (χ4n) is 1.95. The van der Waals surface area contributed by atoms with Gasteiger partial charge in [0.2, 0.25) is 0 Å². The van der Waals surface area contributed by atoms with Crippen molar-refractivity contribution in [1.82, 2.24) is 15.3 Å². The maximum Gasteiger partial charge on any atom is 0.345 e. The van der Waals surface area contributed by atoms with Crippen LogP contribution in [0.5, 0.6) is 0 Å². The van der Waals surface area contributed by atoms with Crippen LogP contribution in [0.25, 0.3) is 0 Å². The zero-order chi connectivity index (χ0) is 14.7. The Hall–Kier alpha value is -2.37. The molecular formula is C14H17N3O3. The first-order chi connectivity index (χ1) is 9.49. The van der Waals surface area contributed by atoms with E-state index in [2.05, 4.69) is 5.43 Å². The molecule has 2 rings (SSSR count). The molecule has 0 radical (unpaired) electrons. The van der Waals surface area contributed by atoms with Crippen molar-refractivity contribution in [3.05, 3.63) is 35.9 Å². The van der Waals surface area contributed by atoms with Gasteiger partial charge in [0.15, 0.2) is 0 Å². The third-order valence-corrected chi connectivity index (χ3v) is 2.88. The molecule has 1 heterocycles. The summed E-state index contributed by atoms with van der Waals surface area (Å²) in [6.45, 7) is 4.08. The van der Waals surface area contributed by atoms with E-state index in [0.717, 1.165) is 9.91 Å². The Morgan fingerprint density at radius 3 is 2.50 bits per heavy atom. The summed E-state index contributed by atoms with van der Waals surface area (Å²) in [5.41, 5.74) is 2.90. The van der Waals surface area contributed by atoms with E-state index >= 15 is 0 Å². The van der Waals surface area contributed by atoms with Crippen LogP contribution >= 0.6 is 0 Å². The highest BCUT2D eigenvalue weighted by molar-refractivity contribution is 6.04. The third kappa shape index (κ3) is 2.96. The fourth-order valence-corrected chi connectivity index (χ4v) is 1.95. The Morgan fingerprint density at radius 2 is 1.90 bits per heavy atom. The number of hydrogen-bond donors (Lipinski definition) is 1. The van der Waals surface area contributed by atoms with Crippen LogP contribution in [-0.4, -0.2) is 40.8 Å². The van der Waals surface area contributed by atoms with Crippen molar-refractivity contribution in [3.8, 4) is 0 Å². The lowest BCUT2D eigenvalue weighted by molar-refractivity contribution is -0.125. The lowest BCUT2D eigenvalue weighted by Gasteiger charge is -2.18. The molecule has 0 atom stereocenters. The SMILES string of the molecule is CC(C)CN1C(=O)CN(NC(=O)c2ccccc2)C1=O. The van der Waals surface area contributed by atoms with Crippen molar-refractivity contribution < 1.29 is 14.4 Å². The Bertz CT molecular complexity index is 528. The molecule has 0 bridgehead atoms. The van der Waals surface area contributed by atoms with Gasteiger partial charge >= 0.3 is 6.03 Å². The number of nitrogens with one attached hydrogen (secondary N) is 1. The Kier molecular flexibility index (Phi) is 4.02. The molecule has 0 spiro atoms. The molecule has 20 heavy (non-hydrogen) atoms. The van der Waals surface area contributed by atoms with Gasteiger partial charge in [0, 0.05) is 12.1 Å². The average Bonchev–Trinajstić information content (AvgIpc) is 2.67. The lowest BCUT2D eigenvalue weighted by Crippen LogP contribution is -2.45. The molecule has 6 heteroatoms. The van der Waals surface area contributed by atoms with E-state index < -0.39 is 11.9 Å². The average molecular weight is 275 g/mol. The molecule has 1 fully saturated rings. The summed E-state index contributed by atoms with van der Waals surface area (Å²) in [5.74, 6) is -0.511. The number of hydrogen-bond acceptors (Lipinski definition) is 3. The van der Waals surface area contributed by atoms with Gasteiger partial charge in [-0.3, -0.25) is 19.9 Å². The van der Waals surface area contributed by atoms with Crippen LogP contribution in [-0.2, 0) is 4.79 Å². The molecule has 1 N–H and O–H groups in total. The molecule has 1 aliphatic rings. The van der Waals surface area contributed by atoms with Gasteiger partial charge in [0.25, 0.3) is 11.8 Å². The lowest BCUT2D eigenvalue weighted by atomic mass is 10.2. The molecule has 4 amide bonds. The van der Waals surface area contributed by atoms with Crippen LogP contribution in [0, 0.1) is 5.92 Å². The molecule has 0 saturated carbocycles. The number of amides is 4. The number of rotatable bonds is 4. The summed E-state index contributed by atoms with van der Waals surface area (Å²) in [7, 11) is 0. The summed E-state index contributed by atoms with van der Waals surface area (Å²) < 4.78 is 0. The van der Waals surface area contributed by atoms with Gasteiger partial charge in [-0.1, -0.05) is 32.0 Å². The van der Waals surface area contributed by atoms with Gasteiger partial charge in [-0.25, -0.2) is 9.80 Å². The van der Waals surface area contributed by atoms with E-state index in [9.17, 15) is 14.4 Å². The Morgan fingerprint density at radius 1 is 1.25 bits per heavy atom. The molecule has 1 saturated heterocycles. The summed E-state index contributed by atoms with van der Waals surface area (Å²) in [6.07, 6.45) is 0. The second-order valence-electron chi connectivity index (χ2n) is 5.07.